The quantitative estimate of drug-likeness (QED) is 0.762. The summed E-state index contributed by atoms with van der Waals surface area (Å²) in [4.78, 5) is 2.21. The van der Waals surface area contributed by atoms with E-state index in [-0.39, 0.29) is 4.90 Å². The van der Waals surface area contributed by atoms with Crippen LogP contribution in [0.25, 0.3) is 0 Å². The Morgan fingerprint density at radius 2 is 1.62 bits per heavy atom. The molecule has 1 N–H and O–H groups in total. The van der Waals surface area contributed by atoms with E-state index in [0.29, 0.717) is 11.6 Å². The first-order chi connectivity index (χ1) is 13.5. The Balaban J connectivity index is 1.75. The van der Waals surface area contributed by atoms with E-state index >= 15 is 0 Å². The number of anilines is 1. The third kappa shape index (κ3) is 5.51. The molecule has 0 aliphatic carbocycles. The number of fused-ring (bicyclic) bond motifs is 1. The van der Waals surface area contributed by atoms with Gasteiger partial charge in [0.25, 0.3) is 10.0 Å². The Morgan fingerprint density at radius 3 is 2.21 bits per heavy atom. The van der Waals surface area contributed by atoms with E-state index in [2.05, 4.69) is 23.5 Å². The molecule has 2 aromatic rings. The average molecular weight is 427 g/mol. The summed E-state index contributed by atoms with van der Waals surface area (Å²) in [5.41, 5.74) is 1.84. The fourth-order valence-electron chi connectivity index (χ4n) is 3.57. The minimum absolute atomic E-state index is 0.205. The Labute approximate surface area is 169 Å². The summed E-state index contributed by atoms with van der Waals surface area (Å²) in [5.74, 6) is 0.585. The number of hydrogen-bond donors (Lipinski definition) is 1. The number of hydrogen-bond acceptors (Lipinski definition) is 3. The van der Waals surface area contributed by atoms with Gasteiger partial charge in [0.2, 0.25) is 0 Å². The number of sulfonamides is 1. The van der Waals surface area contributed by atoms with Crippen LogP contribution in [-0.4, -0.2) is 33.0 Å². The lowest BCUT2D eigenvalue weighted by molar-refractivity contribution is -0.137. The van der Waals surface area contributed by atoms with Crippen molar-refractivity contribution in [1.82, 2.24) is 4.90 Å². The van der Waals surface area contributed by atoms with Gasteiger partial charge < -0.3 is 4.90 Å². The van der Waals surface area contributed by atoms with Crippen molar-refractivity contribution < 1.29 is 21.6 Å². The molecule has 4 nitrogen and oxygen atoms in total. The van der Waals surface area contributed by atoms with Crippen LogP contribution in [0.5, 0.6) is 0 Å². The lowest BCUT2D eigenvalue weighted by atomic mass is 10.0. The van der Waals surface area contributed by atoms with Crippen molar-refractivity contribution in [2.24, 2.45) is 5.92 Å². The molecule has 0 saturated heterocycles. The Hall–Kier alpha value is -2.06. The molecule has 1 aliphatic heterocycles. The first-order valence-electron chi connectivity index (χ1n) is 9.59. The van der Waals surface area contributed by atoms with Crippen LogP contribution < -0.4 is 4.72 Å². The van der Waals surface area contributed by atoms with Gasteiger partial charge in [-0.05, 0) is 66.3 Å². The molecule has 8 heteroatoms. The maximum absolute atomic E-state index is 12.7. The lowest BCUT2D eigenvalue weighted by Crippen LogP contribution is -2.30. The molecule has 29 heavy (non-hydrogen) atoms. The molecule has 0 saturated carbocycles. The second-order valence-electron chi connectivity index (χ2n) is 7.81. The summed E-state index contributed by atoms with van der Waals surface area (Å²) < 4.78 is 65.7. The van der Waals surface area contributed by atoms with Crippen molar-refractivity contribution in [3.63, 3.8) is 0 Å². The number of alkyl halides is 3. The zero-order valence-electron chi connectivity index (χ0n) is 16.5. The lowest BCUT2D eigenvalue weighted by Gasteiger charge is -2.21. The average Bonchev–Trinajstić information content (AvgIpc) is 2.82. The van der Waals surface area contributed by atoms with Crippen LogP contribution in [0.1, 0.15) is 30.5 Å². The highest BCUT2D eigenvalue weighted by Crippen LogP contribution is 2.30. The molecule has 0 amide bonds. The molecule has 158 valence electrons. The van der Waals surface area contributed by atoms with E-state index in [9.17, 15) is 21.6 Å². The number of halogens is 3. The van der Waals surface area contributed by atoms with Gasteiger partial charge in [0, 0.05) is 25.3 Å². The van der Waals surface area contributed by atoms with Gasteiger partial charge in [-0.25, -0.2) is 8.42 Å². The maximum Gasteiger partial charge on any atom is 0.416 e. The van der Waals surface area contributed by atoms with E-state index in [4.69, 9.17) is 0 Å². The van der Waals surface area contributed by atoms with Gasteiger partial charge in [-0.2, -0.15) is 13.2 Å². The summed E-state index contributed by atoms with van der Waals surface area (Å²) in [5, 5.41) is 0. The minimum Gasteiger partial charge on any atom is -0.302 e. The second kappa shape index (κ2) is 8.36. The summed E-state index contributed by atoms with van der Waals surface area (Å²) in [7, 11) is -3.97. The van der Waals surface area contributed by atoms with E-state index < -0.39 is 21.8 Å². The molecule has 1 aliphatic rings. The van der Waals surface area contributed by atoms with Gasteiger partial charge in [-0.15, -0.1) is 0 Å². The summed E-state index contributed by atoms with van der Waals surface area (Å²) >= 11 is 0. The van der Waals surface area contributed by atoms with Gasteiger partial charge in [-0.3, -0.25) is 4.72 Å². The number of nitrogens with zero attached hydrogens (tertiary/aromatic N) is 1. The maximum atomic E-state index is 12.7. The molecule has 3 rings (SSSR count). The number of benzene rings is 2. The zero-order valence-corrected chi connectivity index (χ0v) is 17.3. The molecule has 0 unspecified atom stereocenters. The van der Waals surface area contributed by atoms with Crippen LogP contribution in [0, 0.1) is 5.92 Å². The van der Waals surface area contributed by atoms with E-state index in [1.165, 1.54) is 5.56 Å². The highest BCUT2D eigenvalue weighted by molar-refractivity contribution is 7.92. The normalized spacial score (nSPS) is 15.8. The fourth-order valence-corrected chi connectivity index (χ4v) is 4.62. The van der Waals surface area contributed by atoms with Crippen LogP contribution in [0.15, 0.2) is 47.4 Å². The molecule has 0 spiro atoms. The molecule has 1 heterocycles. The van der Waals surface area contributed by atoms with Crippen LogP contribution in [0.2, 0.25) is 0 Å². The molecule has 2 aromatic carbocycles. The van der Waals surface area contributed by atoms with Crippen molar-refractivity contribution >= 4 is 15.7 Å². The Kier molecular flexibility index (Phi) is 6.24. The van der Waals surface area contributed by atoms with Crippen LogP contribution >= 0.6 is 0 Å². The summed E-state index contributed by atoms with van der Waals surface area (Å²) in [6.07, 6.45) is -2.76. The molecule has 0 aromatic heterocycles. The van der Waals surface area contributed by atoms with Crippen molar-refractivity contribution in [2.45, 2.75) is 37.8 Å². The van der Waals surface area contributed by atoms with Crippen LogP contribution in [0.3, 0.4) is 0 Å². The molecule has 0 bridgehead atoms. The van der Waals surface area contributed by atoms with E-state index in [1.54, 1.807) is 6.07 Å². The van der Waals surface area contributed by atoms with Crippen molar-refractivity contribution in [1.29, 1.82) is 0 Å². The van der Waals surface area contributed by atoms with E-state index in [0.717, 1.165) is 62.3 Å². The van der Waals surface area contributed by atoms with Gasteiger partial charge in [-0.1, -0.05) is 19.9 Å². The summed E-state index contributed by atoms with van der Waals surface area (Å²) in [6, 6.07) is 8.95. The van der Waals surface area contributed by atoms with Gasteiger partial charge >= 0.3 is 6.18 Å². The molecular formula is C21H25F3N2O2S. The molecule has 0 fully saturated rings. The van der Waals surface area contributed by atoms with E-state index in [1.807, 2.05) is 12.1 Å². The smallest absolute Gasteiger partial charge is 0.302 e. The van der Waals surface area contributed by atoms with Crippen LogP contribution in [-0.2, 0) is 29.0 Å². The predicted octanol–water partition coefficient (Wildman–Crippen LogP) is 4.56. The topological polar surface area (TPSA) is 49.4 Å². The standard InChI is InChI=1S/C21H25F3N2O2S/c1-15(2)14-26-11-9-16-3-6-19(13-17(16)10-12-26)25-29(27,28)20-7-4-18(5-8-20)21(22,23)24/h3-8,13,15,25H,9-12,14H2,1-2H3. The van der Waals surface area contributed by atoms with Crippen molar-refractivity contribution in [3.05, 3.63) is 59.2 Å². The molecular weight excluding hydrogens is 401 g/mol. The number of nitrogens with one attached hydrogen (secondary N) is 1. The monoisotopic (exact) mass is 426 g/mol. The van der Waals surface area contributed by atoms with Gasteiger partial charge in [0.05, 0.1) is 10.5 Å². The summed E-state index contributed by atoms with van der Waals surface area (Å²) in [6.45, 7) is 7.29. The van der Waals surface area contributed by atoms with Crippen LogP contribution in [0.4, 0.5) is 18.9 Å². The second-order valence-corrected chi connectivity index (χ2v) is 9.49. The van der Waals surface area contributed by atoms with Crippen molar-refractivity contribution in [3.8, 4) is 0 Å². The van der Waals surface area contributed by atoms with Crippen molar-refractivity contribution in [2.75, 3.05) is 24.4 Å². The molecule has 0 radical (unpaired) electrons. The van der Waals surface area contributed by atoms with Gasteiger partial charge in [0.1, 0.15) is 0 Å². The van der Waals surface area contributed by atoms with Gasteiger partial charge in [0.15, 0.2) is 0 Å². The molecule has 0 atom stereocenters. The Bertz CT molecular complexity index is 955. The fraction of sp³-hybridized carbons (Fsp3) is 0.429. The SMILES string of the molecule is CC(C)CN1CCc2ccc(NS(=O)(=O)c3ccc(C(F)(F)F)cc3)cc2CC1. The number of rotatable bonds is 5. The third-order valence-electron chi connectivity index (χ3n) is 4.97. The first kappa shape index (κ1) is 21.6. The Morgan fingerprint density at radius 1 is 1.00 bits per heavy atom. The largest absolute Gasteiger partial charge is 0.416 e. The predicted molar refractivity (Wildman–Crippen MR) is 107 cm³/mol. The highest BCUT2D eigenvalue weighted by atomic mass is 32.2. The minimum atomic E-state index is -4.50. The highest BCUT2D eigenvalue weighted by Gasteiger charge is 2.30. The zero-order chi connectivity index (χ0) is 21.2. The third-order valence-corrected chi connectivity index (χ3v) is 6.37. The first-order valence-corrected chi connectivity index (χ1v) is 11.1.